The van der Waals surface area contributed by atoms with Gasteiger partial charge in [0.1, 0.15) is 0 Å². The summed E-state index contributed by atoms with van der Waals surface area (Å²) in [6.45, 7) is 3.06. The van der Waals surface area contributed by atoms with Crippen molar-refractivity contribution < 1.29 is 5.11 Å². The van der Waals surface area contributed by atoms with Crippen LogP contribution in [0.1, 0.15) is 50.2 Å². The molecular formula is C18H29N3O. The molecule has 4 heteroatoms. The summed E-state index contributed by atoms with van der Waals surface area (Å²) in [6, 6.07) is 6.39. The van der Waals surface area contributed by atoms with Crippen molar-refractivity contribution in [1.82, 2.24) is 0 Å². The highest BCUT2D eigenvalue weighted by molar-refractivity contribution is 5.93. The molecule has 22 heavy (non-hydrogen) atoms. The van der Waals surface area contributed by atoms with Gasteiger partial charge in [-0.1, -0.05) is 25.5 Å². The molecular weight excluding hydrogens is 274 g/mol. The topological polar surface area (TPSA) is 70.6 Å². The van der Waals surface area contributed by atoms with Crippen molar-refractivity contribution in [3.05, 3.63) is 29.3 Å². The summed E-state index contributed by atoms with van der Waals surface area (Å²) in [6.07, 6.45) is 7.80. The first-order valence-electron chi connectivity index (χ1n) is 8.53. The fourth-order valence-electron chi connectivity index (χ4n) is 3.22. The van der Waals surface area contributed by atoms with Gasteiger partial charge in [-0.25, -0.2) is 0 Å². The number of aryl methyl sites for hydroxylation is 1. The van der Waals surface area contributed by atoms with Gasteiger partial charge < -0.3 is 16.2 Å². The second-order valence-electron chi connectivity index (χ2n) is 6.17. The molecule has 0 aliphatic heterocycles. The molecule has 0 fully saturated rings. The third-order valence-electron chi connectivity index (χ3n) is 4.41. The summed E-state index contributed by atoms with van der Waals surface area (Å²) >= 11 is 0. The highest BCUT2D eigenvalue weighted by atomic mass is 16.3. The van der Waals surface area contributed by atoms with Crippen molar-refractivity contribution in [3.8, 4) is 0 Å². The van der Waals surface area contributed by atoms with Crippen LogP contribution in [0.4, 0.5) is 5.69 Å². The molecule has 1 atom stereocenters. The number of hydrogen-bond acceptors (Lipinski definition) is 2. The number of guanidine groups is 1. The maximum absolute atomic E-state index is 9.10. The van der Waals surface area contributed by atoms with Gasteiger partial charge in [0, 0.05) is 18.8 Å². The number of aliphatic imine (C=N–C) groups is 1. The Hall–Kier alpha value is -1.55. The lowest BCUT2D eigenvalue weighted by Crippen LogP contribution is -2.25. The van der Waals surface area contributed by atoms with Crippen LogP contribution in [0.2, 0.25) is 0 Å². The van der Waals surface area contributed by atoms with E-state index in [1.165, 1.54) is 24.0 Å². The third-order valence-corrected chi connectivity index (χ3v) is 4.41. The monoisotopic (exact) mass is 303 g/mol. The number of aliphatic hydroxyl groups is 1. The Bertz CT molecular complexity index is 493. The molecule has 0 bridgehead atoms. The van der Waals surface area contributed by atoms with Gasteiger partial charge in [-0.3, -0.25) is 4.99 Å². The van der Waals surface area contributed by atoms with E-state index in [4.69, 9.17) is 10.8 Å². The summed E-state index contributed by atoms with van der Waals surface area (Å²) < 4.78 is 0. The summed E-state index contributed by atoms with van der Waals surface area (Å²) in [5.41, 5.74) is 9.99. The summed E-state index contributed by atoms with van der Waals surface area (Å²) in [5, 5.41) is 12.4. The van der Waals surface area contributed by atoms with Crippen LogP contribution in [0.5, 0.6) is 0 Å². The molecule has 0 spiro atoms. The molecule has 1 unspecified atom stereocenters. The lowest BCUT2D eigenvalue weighted by molar-refractivity contribution is 0.253. The van der Waals surface area contributed by atoms with Gasteiger partial charge in [-0.15, -0.1) is 0 Å². The molecule has 122 valence electrons. The molecule has 4 N–H and O–H groups in total. The Labute approximate surface area is 133 Å². The van der Waals surface area contributed by atoms with Crippen LogP contribution in [-0.4, -0.2) is 24.2 Å². The largest absolute Gasteiger partial charge is 0.396 e. The Balaban J connectivity index is 1.99. The maximum atomic E-state index is 9.10. The lowest BCUT2D eigenvalue weighted by Gasteiger charge is -2.20. The highest BCUT2D eigenvalue weighted by Gasteiger charge is 2.13. The normalized spacial score (nSPS) is 16.2. The Morgan fingerprint density at radius 3 is 2.91 bits per heavy atom. The van der Waals surface area contributed by atoms with Gasteiger partial charge in [-0.05, 0) is 61.6 Å². The average molecular weight is 303 g/mol. The van der Waals surface area contributed by atoms with Gasteiger partial charge in [0.2, 0.25) is 0 Å². The van der Waals surface area contributed by atoms with E-state index in [0.29, 0.717) is 18.4 Å². The number of anilines is 1. The van der Waals surface area contributed by atoms with Gasteiger partial charge >= 0.3 is 0 Å². The molecule has 0 amide bonds. The molecule has 0 radical (unpaired) electrons. The fraction of sp³-hybridized carbons (Fsp3) is 0.611. The maximum Gasteiger partial charge on any atom is 0.193 e. The first kappa shape index (κ1) is 16.8. The SMILES string of the molecule is CCCC(CCO)CN=C(N)Nc1cccc2c1CCCC2. The predicted molar refractivity (Wildman–Crippen MR) is 93.3 cm³/mol. The first-order chi connectivity index (χ1) is 10.7. The molecule has 2 rings (SSSR count). The van der Waals surface area contributed by atoms with Crippen LogP contribution in [0.3, 0.4) is 0 Å². The van der Waals surface area contributed by atoms with E-state index in [1.807, 2.05) is 0 Å². The summed E-state index contributed by atoms with van der Waals surface area (Å²) in [5.74, 6) is 0.901. The quantitative estimate of drug-likeness (QED) is 0.535. The van der Waals surface area contributed by atoms with Crippen LogP contribution in [0.15, 0.2) is 23.2 Å². The second kappa shape index (κ2) is 8.79. The van der Waals surface area contributed by atoms with E-state index in [0.717, 1.165) is 37.8 Å². The van der Waals surface area contributed by atoms with Crippen molar-refractivity contribution in [2.75, 3.05) is 18.5 Å². The van der Waals surface area contributed by atoms with Gasteiger partial charge in [0.25, 0.3) is 0 Å². The van der Waals surface area contributed by atoms with E-state index in [-0.39, 0.29) is 6.61 Å². The van der Waals surface area contributed by atoms with E-state index < -0.39 is 0 Å². The number of benzene rings is 1. The van der Waals surface area contributed by atoms with Crippen molar-refractivity contribution in [2.24, 2.45) is 16.6 Å². The lowest BCUT2D eigenvalue weighted by atomic mass is 9.90. The number of nitrogens with zero attached hydrogens (tertiary/aromatic N) is 1. The third kappa shape index (κ3) is 4.73. The smallest absolute Gasteiger partial charge is 0.193 e. The van der Waals surface area contributed by atoms with Crippen LogP contribution >= 0.6 is 0 Å². The second-order valence-corrected chi connectivity index (χ2v) is 6.17. The Morgan fingerprint density at radius 2 is 2.14 bits per heavy atom. The molecule has 0 aromatic heterocycles. The van der Waals surface area contributed by atoms with Crippen LogP contribution in [0.25, 0.3) is 0 Å². The standard InChI is InChI=1S/C18H29N3O/c1-2-6-14(11-12-22)13-20-18(19)21-17-10-5-8-15-7-3-4-9-16(15)17/h5,8,10,14,22H,2-4,6-7,9,11-13H2,1H3,(H3,19,20,21). The molecule has 0 saturated heterocycles. The first-order valence-corrected chi connectivity index (χ1v) is 8.53. The predicted octanol–water partition coefficient (Wildman–Crippen LogP) is 3.09. The van der Waals surface area contributed by atoms with Gasteiger partial charge in [0.15, 0.2) is 5.96 Å². The zero-order valence-corrected chi connectivity index (χ0v) is 13.6. The van der Waals surface area contributed by atoms with Crippen molar-refractivity contribution in [3.63, 3.8) is 0 Å². The number of nitrogens with two attached hydrogens (primary N) is 1. The molecule has 1 aromatic carbocycles. The minimum absolute atomic E-state index is 0.222. The van der Waals surface area contributed by atoms with Crippen LogP contribution in [-0.2, 0) is 12.8 Å². The van der Waals surface area contributed by atoms with Crippen molar-refractivity contribution >= 4 is 11.6 Å². The van der Waals surface area contributed by atoms with E-state index in [1.54, 1.807) is 0 Å². The summed E-state index contributed by atoms with van der Waals surface area (Å²) in [4.78, 5) is 4.48. The molecule has 1 aliphatic carbocycles. The number of hydrogen-bond donors (Lipinski definition) is 3. The molecule has 4 nitrogen and oxygen atoms in total. The number of nitrogens with one attached hydrogen (secondary N) is 1. The minimum atomic E-state index is 0.222. The van der Waals surface area contributed by atoms with Gasteiger partial charge in [0.05, 0.1) is 0 Å². The van der Waals surface area contributed by atoms with Crippen LogP contribution < -0.4 is 11.1 Å². The zero-order chi connectivity index (χ0) is 15.8. The van der Waals surface area contributed by atoms with Crippen LogP contribution in [0, 0.1) is 5.92 Å². The zero-order valence-electron chi connectivity index (χ0n) is 13.6. The Kier molecular flexibility index (Phi) is 6.72. The molecule has 0 heterocycles. The summed E-state index contributed by atoms with van der Waals surface area (Å²) in [7, 11) is 0. The van der Waals surface area contributed by atoms with E-state index in [9.17, 15) is 0 Å². The highest BCUT2D eigenvalue weighted by Crippen LogP contribution is 2.27. The van der Waals surface area contributed by atoms with Gasteiger partial charge in [-0.2, -0.15) is 0 Å². The average Bonchev–Trinajstić information content (AvgIpc) is 2.53. The van der Waals surface area contributed by atoms with Crippen molar-refractivity contribution in [1.29, 1.82) is 0 Å². The van der Waals surface area contributed by atoms with E-state index in [2.05, 4.69) is 35.4 Å². The number of aliphatic hydroxyl groups excluding tert-OH is 1. The molecule has 1 aromatic rings. The number of rotatable bonds is 7. The molecule has 1 aliphatic rings. The van der Waals surface area contributed by atoms with Crippen molar-refractivity contribution in [2.45, 2.75) is 51.9 Å². The van der Waals surface area contributed by atoms with E-state index >= 15 is 0 Å². The Morgan fingerprint density at radius 1 is 1.32 bits per heavy atom. The fourth-order valence-corrected chi connectivity index (χ4v) is 3.22. The number of fused-ring (bicyclic) bond motifs is 1. The molecule has 0 saturated carbocycles. The minimum Gasteiger partial charge on any atom is -0.396 e.